The maximum atomic E-state index is 14.5. The van der Waals surface area contributed by atoms with Crippen molar-refractivity contribution >= 4 is 23.9 Å². The number of fused-ring (bicyclic) bond motifs is 7. The van der Waals surface area contributed by atoms with Crippen molar-refractivity contribution in [3.63, 3.8) is 0 Å². The summed E-state index contributed by atoms with van der Waals surface area (Å²) in [4.78, 5) is 42.3. The molecule has 18 atom stereocenters. The van der Waals surface area contributed by atoms with Gasteiger partial charge in [-0.2, -0.15) is 0 Å². The number of carbonyl (C=O) groups excluding carboxylic acids is 3. The average Bonchev–Trinajstić information content (AvgIpc) is 3.86. The number of rotatable bonds is 6. The number of ether oxygens (including phenoxy) is 2. The van der Waals surface area contributed by atoms with Crippen LogP contribution in [0.4, 0.5) is 5.69 Å². The summed E-state index contributed by atoms with van der Waals surface area (Å²) in [6.45, 7) is 4.56. The van der Waals surface area contributed by atoms with E-state index in [-0.39, 0.29) is 89.6 Å². The van der Waals surface area contributed by atoms with E-state index in [0.717, 1.165) is 43.2 Å². The zero-order valence-electron chi connectivity index (χ0n) is 33.0. The van der Waals surface area contributed by atoms with E-state index < -0.39 is 45.9 Å². The zero-order valence-corrected chi connectivity index (χ0v) is 33.0. The second kappa shape index (κ2) is 11.5. The minimum absolute atomic E-state index is 0.0104. The van der Waals surface area contributed by atoms with Crippen LogP contribution in [0.25, 0.3) is 0 Å². The molecule has 4 N–H and O–H groups in total. The first-order chi connectivity index (χ1) is 26.7. The lowest BCUT2D eigenvalue weighted by Crippen LogP contribution is -2.83. The van der Waals surface area contributed by atoms with Crippen molar-refractivity contribution in [3.05, 3.63) is 41.5 Å². The fourth-order valence-corrected chi connectivity index (χ4v) is 17.6. The van der Waals surface area contributed by atoms with Crippen molar-refractivity contribution in [1.82, 2.24) is 0 Å². The van der Waals surface area contributed by atoms with Gasteiger partial charge in [0, 0.05) is 55.3 Å². The molecule has 1 aromatic carbocycles. The van der Waals surface area contributed by atoms with Gasteiger partial charge < -0.3 is 39.6 Å². The van der Waals surface area contributed by atoms with Gasteiger partial charge in [0.1, 0.15) is 25.0 Å². The largest absolute Gasteiger partial charge is 0.458 e. The number of aliphatic hydroxyl groups is 4. The Labute approximate surface area is 329 Å². The standard InChI is InChI=1S/C45H59N2O9/c1-4-26-27-18-33-38-44(31-7-5-6-8-32(31)46(38)3)20-34(37(27)39(44)51)47(33,40(26)52)21-36(50)56-25-9-14-42(23-48)29-10-13-41(2)28(24-17-35(49)55-22-24)12-16-45(41,54)30(29)11-15-43(42,53)19-25/h5-8,17,23,25-30,33-34,37-40,51-54H,4,9-16,18-22H2,1-3H3/q+1/t25-,26-,27+,28+,29-,30+,33-,34-,37+,38-,39+,40+,41+,42-,43-,44+,45-,47+/m0/s1. The van der Waals surface area contributed by atoms with E-state index in [4.69, 9.17) is 9.47 Å². The molecule has 1 spiro atoms. The number of quaternary nitrogens is 1. The first kappa shape index (κ1) is 36.3. The van der Waals surface area contributed by atoms with Gasteiger partial charge in [-0.05, 0) is 98.7 Å². The molecule has 6 heterocycles. The van der Waals surface area contributed by atoms with Gasteiger partial charge in [0.2, 0.25) is 0 Å². The van der Waals surface area contributed by atoms with Crippen LogP contribution in [0.2, 0.25) is 0 Å². The monoisotopic (exact) mass is 771 g/mol. The number of anilines is 1. The summed E-state index contributed by atoms with van der Waals surface area (Å²) >= 11 is 0. The number of aldehydes is 1. The van der Waals surface area contributed by atoms with Gasteiger partial charge in [-0.1, -0.05) is 32.0 Å². The number of esters is 2. The van der Waals surface area contributed by atoms with Gasteiger partial charge in [-0.25, -0.2) is 9.59 Å². The Kier molecular flexibility index (Phi) is 7.42. The minimum atomic E-state index is -1.37. The van der Waals surface area contributed by atoms with Gasteiger partial charge in [-0.3, -0.25) is 4.48 Å². The molecule has 4 saturated heterocycles. The second-order valence-corrected chi connectivity index (χ2v) is 20.6. The van der Waals surface area contributed by atoms with E-state index in [1.54, 1.807) is 6.08 Å². The molecule has 0 amide bonds. The van der Waals surface area contributed by atoms with Crippen LogP contribution < -0.4 is 4.90 Å². The zero-order chi connectivity index (χ0) is 38.9. The molecule has 11 heteroatoms. The highest BCUT2D eigenvalue weighted by molar-refractivity contribution is 5.85. The summed E-state index contributed by atoms with van der Waals surface area (Å²) in [6.07, 6.45) is 7.72. The minimum Gasteiger partial charge on any atom is -0.458 e. The summed E-state index contributed by atoms with van der Waals surface area (Å²) < 4.78 is 11.9. The van der Waals surface area contributed by atoms with Crippen molar-refractivity contribution in [2.45, 2.75) is 144 Å². The van der Waals surface area contributed by atoms with E-state index in [0.29, 0.717) is 44.9 Å². The molecule has 9 fully saturated rings. The number of hydrogen-bond acceptors (Lipinski definition) is 10. The van der Waals surface area contributed by atoms with E-state index >= 15 is 0 Å². The van der Waals surface area contributed by atoms with Crippen molar-refractivity contribution in [2.75, 3.05) is 25.1 Å². The fraction of sp³-hybridized carbons (Fsp3) is 0.756. The second-order valence-electron chi connectivity index (χ2n) is 20.6. The molecule has 5 saturated carbocycles. The molecule has 56 heavy (non-hydrogen) atoms. The molecule has 12 rings (SSSR count). The summed E-state index contributed by atoms with van der Waals surface area (Å²) in [5.41, 5.74) is -1.04. The van der Waals surface area contributed by atoms with Gasteiger partial charge >= 0.3 is 11.9 Å². The normalized spacial score (nSPS) is 54.1. The Morgan fingerprint density at radius 3 is 2.57 bits per heavy atom. The molecule has 0 radical (unpaired) electrons. The highest BCUT2D eigenvalue weighted by atomic mass is 16.5. The molecule has 5 aliphatic carbocycles. The number of hydrogen-bond donors (Lipinski definition) is 4. The van der Waals surface area contributed by atoms with Crippen LogP contribution in [-0.4, -0.2) is 111 Å². The highest BCUT2D eigenvalue weighted by Crippen LogP contribution is 2.73. The van der Waals surface area contributed by atoms with Crippen molar-refractivity contribution in [3.8, 4) is 0 Å². The molecular formula is C45H59N2O9+. The van der Waals surface area contributed by atoms with Gasteiger partial charge in [0.25, 0.3) is 0 Å². The molecule has 5 bridgehead atoms. The third-order valence-corrected chi connectivity index (χ3v) is 19.6. The smallest absolute Gasteiger partial charge is 0.362 e. The van der Waals surface area contributed by atoms with E-state index in [9.17, 15) is 34.8 Å². The van der Waals surface area contributed by atoms with Crippen LogP contribution in [0.5, 0.6) is 0 Å². The van der Waals surface area contributed by atoms with Crippen LogP contribution in [0.1, 0.15) is 96.5 Å². The number of cyclic esters (lactones) is 1. The molecule has 0 aromatic heterocycles. The van der Waals surface area contributed by atoms with Crippen LogP contribution in [0, 0.1) is 46.3 Å². The molecular weight excluding hydrogens is 713 g/mol. The quantitative estimate of drug-likeness (QED) is 0.192. The molecule has 302 valence electrons. The number of nitrogens with zero attached hydrogens (tertiary/aromatic N) is 2. The number of carbonyl (C=O) groups is 3. The predicted octanol–water partition coefficient (Wildman–Crippen LogP) is 3.53. The number of para-hydroxylation sites is 1. The van der Waals surface area contributed by atoms with Crippen LogP contribution in [0.15, 0.2) is 35.9 Å². The maximum Gasteiger partial charge on any atom is 0.362 e. The molecule has 1 aromatic rings. The Morgan fingerprint density at radius 1 is 1.04 bits per heavy atom. The van der Waals surface area contributed by atoms with E-state index in [1.165, 1.54) is 5.56 Å². The molecule has 11 nitrogen and oxygen atoms in total. The Balaban J connectivity index is 0.854. The average molecular weight is 772 g/mol. The van der Waals surface area contributed by atoms with E-state index in [1.807, 2.05) is 6.07 Å². The predicted molar refractivity (Wildman–Crippen MR) is 202 cm³/mol. The van der Waals surface area contributed by atoms with Gasteiger partial charge in [-0.15, -0.1) is 0 Å². The molecule has 11 aliphatic rings. The van der Waals surface area contributed by atoms with Gasteiger partial charge in [0.05, 0.1) is 40.2 Å². The summed E-state index contributed by atoms with van der Waals surface area (Å²) in [6, 6.07) is 8.28. The molecule has 0 unspecified atom stereocenters. The fourth-order valence-electron chi connectivity index (χ4n) is 17.6. The molecule has 6 aliphatic heterocycles. The van der Waals surface area contributed by atoms with Crippen molar-refractivity contribution < 1.29 is 48.8 Å². The number of benzene rings is 1. The number of aliphatic hydroxyl groups excluding tert-OH is 2. The first-order valence-corrected chi connectivity index (χ1v) is 21.8. The van der Waals surface area contributed by atoms with Gasteiger partial charge in [0.15, 0.2) is 12.8 Å². The first-order valence-electron chi connectivity index (χ1n) is 21.8. The lowest BCUT2D eigenvalue weighted by molar-refractivity contribution is -1.03. The Morgan fingerprint density at radius 2 is 1.82 bits per heavy atom. The summed E-state index contributed by atoms with van der Waals surface area (Å²) in [5.74, 6) is -0.852. The van der Waals surface area contributed by atoms with Crippen molar-refractivity contribution in [2.24, 2.45) is 46.3 Å². The van der Waals surface area contributed by atoms with Crippen LogP contribution >= 0.6 is 0 Å². The topological polar surface area (TPSA) is 154 Å². The number of piperidine rings is 4. The lowest BCUT2D eigenvalue weighted by Gasteiger charge is -2.67. The summed E-state index contributed by atoms with van der Waals surface area (Å²) in [7, 11) is 2.11. The van der Waals surface area contributed by atoms with Crippen LogP contribution in [-0.2, 0) is 29.3 Å². The maximum absolute atomic E-state index is 14.5. The van der Waals surface area contributed by atoms with Crippen molar-refractivity contribution in [1.29, 1.82) is 0 Å². The highest BCUT2D eigenvalue weighted by Gasteiger charge is 2.83. The third-order valence-electron chi connectivity index (χ3n) is 19.6. The number of likely N-dealkylation sites (N-methyl/N-ethyl adjacent to an activating group) is 1. The van der Waals surface area contributed by atoms with E-state index in [2.05, 4.69) is 44.0 Å². The third kappa shape index (κ3) is 3.92. The lowest BCUT2D eigenvalue weighted by atomic mass is 9.41. The van der Waals surface area contributed by atoms with Crippen LogP contribution in [0.3, 0.4) is 0 Å². The summed E-state index contributed by atoms with van der Waals surface area (Å²) in [5, 5.41) is 50.1. The SMILES string of the molecule is CC[C@H]1[C@H]2C[C@H]3[C@@H]4N(C)c5ccccc5[C@]45C[C@@H]([C@@H]2[C@H]5O)[N@+]3(CC(=O)O[C@H]2CC[C@]3(C=O)[C@H]4CC[C@]5(C)[C@@H](C6=CC(=O)OC6)CC[C@]5(O)[C@@H]4CC[C@]3(O)C2)[C@@H]1O. The Hall–Kier alpha value is -2.83. The Bertz CT molecular complexity index is 1940.